The molecule has 0 saturated heterocycles. The summed E-state index contributed by atoms with van der Waals surface area (Å²) in [6.45, 7) is 5.27. The standard InChI is InChI=1S/C18H21N3O/c1-13-7-8-21-15(11-20-18(21)9-13)10-19-12-17(22)16-6-4-3-5-14(16)2/h3-9,11,17,19,22H,10,12H2,1-2H3. The minimum atomic E-state index is -0.498. The molecule has 3 rings (SSSR count). The molecule has 1 unspecified atom stereocenters. The number of aliphatic hydroxyl groups excluding tert-OH is 1. The zero-order valence-electron chi connectivity index (χ0n) is 13.0. The fraction of sp³-hybridized carbons (Fsp3) is 0.278. The van der Waals surface area contributed by atoms with E-state index in [1.807, 2.05) is 43.6 Å². The average molecular weight is 295 g/mol. The number of hydrogen-bond donors (Lipinski definition) is 2. The molecule has 2 N–H and O–H groups in total. The van der Waals surface area contributed by atoms with Gasteiger partial charge in [0.2, 0.25) is 0 Å². The molecular weight excluding hydrogens is 274 g/mol. The van der Waals surface area contributed by atoms with E-state index < -0.39 is 6.10 Å². The lowest BCUT2D eigenvalue weighted by Gasteiger charge is -2.14. The molecule has 1 atom stereocenters. The quantitative estimate of drug-likeness (QED) is 0.761. The molecule has 0 bridgehead atoms. The SMILES string of the molecule is Cc1ccn2c(CNCC(O)c3ccccc3C)cnc2c1. The first-order valence-corrected chi connectivity index (χ1v) is 7.52. The molecule has 4 nitrogen and oxygen atoms in total. The van der Waals surface area contributed by atoms with Gasteiger partial charge in [0, 0.05) is 19.3 Å². The van der Waals surface area contributed by atoms with E-state index in [-0.39, 0.29) is 0 Å². The Morgan fingerprint density at radius 1 is 1.23 bits per heavy atom. The van der Waals surface area contributed by atoms with E-state index in [1.54, 1.807) is 0 Å². The van der Waals surface area contributed by atoms with E-state index in [1.165, 1.54) is 5.56 Å². The van der Waals surface area contributed by atoms with Crippen molar-refractivity contribution in [1.82, 2.24) is 14.7 Å². The third-order valence-corrected chi connectivity index (χ3v) is 3.94. The van der Waals surface area contributed by atoms with Gasteiger partial charge in [-0.1, -0.05) is 24.3 Å². The van der Waals surface area contributed by atoms with Crippen LogP contribution in [0.2, 0.25) is 0 Å². The van der Waals surface area contributed by atoms with Crippen LogP contribution in [0.25, 0.3) is 5.65 Å². The van der Waals surface area contributed by atoms with Crippen molar-refractivity contribution in [2.75, 3.05) is 6.54 Å². The smallest absolute Gasteiger partial charge is 0.137 e. The molecule has 0 aliphatic rings. The van der Waals surface area contributed by atoms with Crippen LogP contribution < -0.4 is 5.32 Å². The second kappa shape index (κ2) is 6.30. The van der Waals surface area contributed by atoms with Crippen LogP contribution in [-0.4, -0.2) is 21.0 Å². The normalized spacial score (nSPS) is 12.7. The molecule has 2 aromatic heterocycles. The van der Waals surface area contributed by atoms with Crippen LogP contribution >= 0.6 is 0 Å². The maximum absolute atomic E-state index is 10.3. The molecule has 0 spiro atoms. The highest BCUT2D eigenvalue weighted by Gasteiger charge is 2.10. The molecule has 0 saturated carbocycles. The summed E-state index contributed by atoms with van der Waals surface area (Å²) in [5.74, 6) is 0. The van der Waals surface area contributed by atoms with Crippen molar-refractivity contribution >= 4 is 5.65 Å². The molecule has 3 aromatic rings. The third kappa shape index (κ3) is 3.03. The van der Waals surface area contributed by atoms with Crippen molar-refractivity contribution in [3.63, 3.8) is 0 Å². The molecule has 0 aliphatic carbocycles. The minimum absolute atomic E-state index is 0.498. The molecule has 22 heavy (non-hydrogen) atoms. The molecular formula is C18H21N3O. The van der Waals surface area contributed by atoms with E-state index >= 15 is 0 Å². The summed E-state index contributed by atoms with van der Waals surface area (Å²) in [4.78, 5) is 4.41. The summed E-state index contributed by atoms with van der Waals surface area (Å²) in [6.07, 6.45) is 3.41. The van der Waals surface area contributed by atoms with Gasteiger partial charge in [0.25, 0.3) is 0 Å². The minimum Gasteiger partial charge on any atom is -0.387 e. The molecule has 4 heteroatoms. The lowest BCUT2D eigenvalue weighted by Crippen LogP contribution is -2.22. The van der Waals surface area contributed by atoms with Crippen molar-refractivity contribution in [2.24, 2.45) is 0 Å². The van der Waals surface area contributed by atoms with Gasteiger partial charge >= 0.3 is 0 Å². The number of hydrogen-bond acceptors (Lipinski definition) is 3. The van der Waals surface area contributed by atoms with Gasteiger partial charge in [0.1, 0.15) is 5.65 Å². The number of nitrogens with zero attached hydrogens (tertiary/aromatic N) is 2. The number of nitrogens with one attached hydrogen (secondary N) is 1. The zero-order valence-corrected chi connectivity index (χ0v) is 13.0. The van der Waals surface area contributed by atoms with Crippen LogP contribution in [0.15, 0.2) is 48.8 Å². The molecule has 0 aliphatic heterocycles. The predicted molar refractivity (Wildman–Crippen MR) is 87.8 cm³/mol. The fourth-order valence-corrected chi connectivity index (χ4v) is 2.67. The number of pyridine rings is 1. The summed E-state index contributed by atoms with van der Waals surface area (Å²) >= 11 is 0. The molecule has 0 fully saturated rings. The number of aliphatic hydroxyl groups is 1. The Labute approximate surface area is 130 Å². The van der Waals surface area contributed by atoms with Crippen molar-refractivity contribution in [1.29, 1.82) is 0 Å². The number of benzene rings is 1. The van der Waals surface area contributed by atoms with Gasteiger partial charge in [-0.25, -0.2) is 4.98 Å². The Kier molecular flexibility index (Phi) is 4.22. The van der Waals surface area contributed by atoms with Crippen molar-refractivity contribution in [2.45, 2.75) is 26.5 Å². The molecule has 0 amide bonds. The Morgan fingerprint density at radius 3 is 2.86 bits per heavy atom. The zero-order chi connectivity index (χ0) is 15.5. The monoisotopic (exact) mass is 295 g/mol. The van der Waals surface area contributed by atoms with Crippen LogP contribution in [0.1, 0.15) is 28.5 Å². The van der Waals surface area contributed by atoms with E-state index in [0.29, 0.717) is 13.1 Å². The second-order valence-electron chi connectivity index (χ2n) is 5.69. The molecule has 1 aromatic carbocycles. The van der Waals surface area contributed by atoms with Crippen molar-refractivity contribution in [3.8, 4) is 0 Å². The van der Waals surface area contributed by atoms with Gasteiger partial charge in [-0.2, -0.15) is 0 Å². The van der Waals surface area contributed by atoms with Crippen LogP contribution in [0, 0.1) is 13.8 Å². The fourth-order valence-electron chi connectivity index (χ4n) is 2.67. The van der Waals surface area contributed by atoms with E-state index in [2.05, 4.69) is 33.8 Å². The number of rotatable bonds is 5. The number of aromatic nitrogens is 2. The van der Waals surface area contributed by atoms with Gasteiger partial charge in [0.05, 0.1) is 18.0 Å². The summed E-state index contributed by atoms with van der Waals surface area (Å²) in [5, 5.41) is 13.6. The predicted octanol–water partition coefficient (Wildman–Crippen LogP) is 2.77. The molecule has 2 heterocycles. The largest absolute Gasteiger partial charge is 0.387 e. The van der Waals surface area contributed by atoms with Crippen molar-refractivity contribution in [3.05, 3.63) is 71.2 Å². The Bertz CT molecular complexity index is 779. The highest BCUT2D eigenvalue weighted by atomic mass is 16.3. The maximum atomic E-state index is 10.3. The van der Waals surface area contributed by atoms with Gasteiger partial charge in [0.15, 0.2) is 0 Å². The molecule has 0 radical (unpaired) electrons. The summed E-state index contributed by atoms with van der Waals surface area (Å²) in [6, 6.07) is 12.1. The van der Waals surface area contributed by atoms with E-state index in [4.69, 9.17) is 0 Å². The number of fused-ring (bicyclic) bond motifs is 1. The van der Waals surface area contributed by atoms with E-state index in [9.17, 15) is 5.11 Å². The highest BCUT2D eigenvalue weighted by Crippen LogP contribution is 2.16. The Morgan fingerprint density at radius 2 is 2.05 bits per heavy atom. The Hall–Kier alpha value is -2.17. The van der Waals surface area contributed by atoms with Gasteiger partial charge in [-0.3, -0.25) is 0 Å². The van der Waals surface area contributed by atoms with Gasteiger partial charge < -0.3 is 14.8 Å². The maximum Gasteiger partial charge on any atom is 0.137 e. The van der Waals surface area contributed by atoms with Crippen LogP contribution in [0.4, 0.5) is 0 Å². The second-order valence-corrected chi connectivity index (χ2v) is 5.69. The van der Waals surface area contributed by atoms with Crippen LogP contribution in [-0.2, 0) is 6.54 Å². The summed E-state index contributed by atoms with van der Waals surface area (Å²) in [7, 11) is 0. The third-order valence-electron chi connectivity index (χ3n) is 3.94. The van der Waals surface area contributed by atoms with Gasteiger partial charge in [-0.15, -0.1) is 0 Å². The van der Waals surface area contributed by atoms with Gasteiger partial charge in [-0.05, 0) is 42.7 Å². The van der Waals surface area contributed by atoms with Crippen molar-refractivity contribution < 1.29 is 5.11 Å². The molecule has 114 valence electrons. The van der Waals surface area contributed by atoms with E-state index in [0.717, 1.165) is 22.5 Å². The summed E-state index contributed by atoms with van der Waals surface area (Å²) in [5.41, 5.74) is 5.33. The topological polar surface area (TPSA) is 49.6 Å². The lowest BCUT2D eigenvalue weighted by atomic mass is 10.0. The first-order chi connectivity index (χ1) is 10.6. The van der Waals surface area contributed by atoms with Crippen LogP contribution in [0.3, 0.4) is 0 Å². The first kappa shape index (κ1) is 14.8. The average Bonchev–Trinajstić information content (AvgIpc) is 2.90. The first-order valence-electron chi connectivity index (χ1n) is 7.52. The highest BCUT2D eigenvalue weighted by molar-refractivity contribution is 5.42. The Balaban J connectivity index is 1.64. The lowest BCUT2D eigenvalue weighted by molar-refractivity contribution is 0.173. The van der Waals surface area contributed by atoms with Crippen LogP contribution in [0.5, 0.6) is 0 Å². The number of aryl methyl sites for hydroxylation is 2. The number of imidazole rings is 1. The summed E-state index contributed by atoms with van der Waals surface area (Å²) < 4.78 is 2.07.